The zero-order valence-electron chi connectivity index (χ0n) is 13.8. The molecule has 0 unspecified atom stereocenters. The Kier molecular flexibility index (Phi) is 3.72. The molecule has 0 spiro atoms. The number of hydrogen-bond donors (Lipinski definition) is 2. The van der Waals surface area contributed by atoms with Crippen molar-refractivity contribution < 1.29 is 9.59 Å². The molecule has 8 heteroatoms. The molecule has 25 heavy (non-hydrogen) atoms. The number of carbonyl (C=O) groups is 2. The minimum atomic E-state index is -0.321. The second-order valence-corrected chi connectivity index (χ2v) is 5.91. The Balaban J connectivity index is 1.47. The molecular formula is C17H18N6O2. The summed E-state index contributed by atoms with van der Waals surface area (Å²) in [5.74, 6) is 0.539. The van der Waals surface area contributed by atoms with Crippen LogP contribution in [0, 0.1) is 0 Å². The van der Waals surface area contributed by atoms with Crippen molar-refractivity contribution in [1.29, 1.82) is 0 Å². The average molecular weight is 338 g/mol. The number of amides is 2. The largest absolute Gasteiger partial charge is 0.343 e. The van der Waals surface area contributed by atoms with E-state index in [1.807, 2.05) is 31.2 Å². The van der Waals surface area contributed by atoms with Crippen molar-refractivity contribution in [2.75, 3.05) is 13.1 Å². The predicted octanol–water partition coefficient (Wildman–Crippen LogP) is 1.17. The first kappa shape index (κ1) is 15.4. The summed E-state index contributed by atoms with van der Waals surface area (Å²) in [4.78, 5) is 38.1. The molecule has 0 saturated heterocycles. The van der Waals surface area contributed by atoms with Crippen molar-refractivity contribution in [1.82, 2.24) is 29.7 Å². The minimum Gasteiger partial charge on any atom is -0.343 e. The number of likely N-dealkylation sites (N-methyl/N-ethyl adjacent to an activating group) is 1. The number of aromatic nitrogens is 4. The first-order valence-corrected chi connectivity index (χ1v) is 8.24. The lowest BCUT2D eigenvalue weighted by Crippen LogP contribution is -2.40. The summed E-state index contributed by atoms with van der Waals surface area (Å²) in [7, 11) is 0. The molecule has 8 nitrogen and oxygen atoms in total. The summed E-state index contributed by atoms with van der Waals surface area (Å²) in [6, 6.07) is 7.68. The fourth-order valence-corrected chi connectivity index (χ4v) is 2.98. The Hall–Kier alpha value is -3.16. The topological polar surface area (TPSA) is 95.9 Å². The van der Waals surface area contributed by atoms with E-state index >= 15 is 0 Å². The van der Waals surface area contributed by atoms with E-state index in [4.69, 9.17) is 0 Å². The van der Waals surface area contributed by atoms with Gasteiger partial charge in [0.25, 0.3) is 11.8 Å². The number of fused-ring (bicyclic) bond motifs is 2. The normalized spacial score (nSPS) is 14.0. The summed E-state index contributed by atoms with van der Waals surface area (Å²) in [5, 5.41) is 2.79. The Morgan fingerprint density at radius 3 is 2.92 bits per heavy atom. The van der Waals surface area contributed by atoms with E-state index in [2.05, 4.69) is 20.3 Å². The fraction of sp³-hybridized carbons (Fsp3) is 0.294. The van der Waals surface area contributed by atoms with Gasteiger partial charge in [0.1, 0.15) is 11.5 Å². The number of benzene rings is 1. The Morgan fingerprint density at radius 1 is 1.28 bits per heavy atom. The Labute approximate surface area is 143 Å². The summed E-state index contributed by atoms with van der Waals surface area (Å²) in [6.07, 6.45) is 1.63. The molecule has 1 aliphatic rings. The number of nitrogens with zero attached hydrogens (tertiary/aromatic N) is 4. The van der Waals surface area contributed by atoms with Crippen molar-refractivity contribution in [2.45, 2.75) is 20.0 Å². The first-order valence-electron chi connectivity index (χ1n) is 8.24. The van der Waals surface area contributed by atoms with Crippen molar-refractivity contribution in [3.8, 4) is 0 Å². The SMILES string of the molecule is CCN1CCn2cc(C(=O)NCc3nc4ccccc4[nH]3)nc2C1=O. The van der Waals surface area contributed by atoms with E-state index in [0.29, 0.717) is 31.3 Å². The van der Waals surface area contributed by atoms with E-state index in [0.717, 1.165) is 11.0 Å². The molecule has 0 atom stereocenters. The number of imidazole rings is 2. The highest BCUT2D eigenvalue weighted by Crippen LogP contribution is 2.13. The summed E-state index contributed by atoms with van der Waals surface area (Å²) in [5.41, 5.74) is 2.03. The molecule has 1 aromatic carbocycles. The second kappa shape index (κ2) is 6.04. The third-order valence-electron chi connectivity index (χ3n) is 4.34. The van der Waals surface area contributed by atoms with Crippen LogP contribution in [0.4, 0.5) is 0 Å². The van der Waals surface area contributed by atoms with Crippen LogP contribution in [0.1, 0.15) is 33.9 Å². The van der Waals surface area contributed by atoms with Gasteiger partial charge >= 0.3 is 0 Å². The molecule has 0 radical (unpaired) electrons. The number of aromatic amines is 1. The lowest BCUT2D eigenvalue weighted by atomic mass is 10.3. The van der Waals surface area contributed by atoms with Crippen LogP contribution in [0.5, 0.6) is 0 Å². The number of hydrogen-bond acceptors (Lipinski definition) is 4. The van der Waals surface area contributed by atoms with E-state index < -0.39 is 0 Å². The highest BCUT2D eigenvalue weighted by Gasteiger charge is 2.27. The van der Waals surface area contributed by atoms with E-state index in [-0.39, 0.29) is 24.1 Å². The van der Waals surface area contributed by atoms with Gasteiger partial charge in [0.2, 0.25) is 0 Å². The Bertz CT molecular complexity index is 924. The zero-order valence-corrected chi connectivity index (χ0v) is 13.8. The smallest absolute Gasteiger partial charge is 0.289 e. The quantitative estimate of drug-likeness (QED) is 0.746. The third kappa shape index (κ3) is 2.75. The average Bonchev–Trinajstić information content (AvgIpc) is 3.24. The van der Waals surface area contributed by atoms with E-state index in [1.165, 1.54) is 0 Å². The van der Waals surface area contributed by atoms with Crippen molar-refractivity contribution in [3.05, 3.63) is 47.8 Å². The number of carbonyl (C=O) groups excluding carboxylic acids is 2. The van der Waals surface area contributed by atoms with Gasteiger partial charge in [0.05, 0.1) is 17.6 Å². The molecule has 3 aromatic rings. The van der Waals surface area contributed by atoms with Crippen molar-refractivity contribution in [3.63, 3.8) is 0 Å². The molecule has 3 heterocycles. The molecular weight excluding hydrogens is 320 g/mol. The molecule has 2 N–H and O–H groups in total. The van der Waals surface area contributed by atoms with E-state index in [1.54, 1.807) is 15.7 Å². The summed E-state index contributed by atoms with van der Waals surface area (Å²) >= 11 is 0. The highest BCUT2D eigenvalue weighted by molar-refractivity contribution is 5.96. The monoisotopic (exact) mass is 338 g/mol. The van der Waals surface area contributed by atoms with Crippen LogP contribution in [0.3, 0.4) is 0 Å². The summed E-state index contributed by atoms with van der Waals surface area (Å²) < 4.78 is 1.74. The maximum absolute atomic E-state index is 12.4. The van der Waals surface area contributed by atoms with Crippen LogP contribution >= 0.6 is 0 Å². The van der Waals surface area contributed by atoms with Crippen LogP contribution in [0.15, 0.2) is 30.5 Å². The molecule has 0 fully saturated rings. The zero-order chi connectivity index (χ0) is 17.4. The maximum atomic E-state index is 12.4. The minimum absolute atomic E-state index is 0.134. The predicted molar refractivity (Wildman–Crippen MR) is 91.1 cm³/mol. The van der Waals surface area contributed by atoms with Crippen LogP contribution in [-0.4, -0.2) is 49.3 Å². The maximum Gasteiger partial charge on any atom is 0.289 e. The number of H-pyrrole nitrogens is 1. The van der Waals surface area contributed by atoms with Crippen LogP contribution in [0.25, 0.3) is 11.0 Å². The lowest BCUT2D eigenvalue weighted by Gasteiger charge is -2.25. The number of nitrogens with one attached hydrogen (secondary N) is 2. The molecule has 2 aromatic heterocycles. The van der Waals surface area contributed by atoms with Crippen molar-refractivity contribution in [2.24, 2.45) is 0 Å². The van der Waals surface area contributed by atoms with Crippen LogP contribution < -0.4 is 5.32 Å². The van der Waals surface area contributed by atoms with Gasteiger partial charge in [-0.2, -0.15) is 0 Å². The fourth-order valence-electron chi connectivity index (χ4n) is 2.98. The molecule has 0 aliphatic carbocycles. The van der Waals surface area contributed by atoms with Gasteiger partial charge in [-0.1, -0.05) is 12.1 Å². The van der Waals surface area contributed by atoms with Crippen molar-refractivity contribution >= 4 is 22.8 Å². The third-order valence-corrected chi connectivity index (χ3v) is 4.34. The van der Waals surface area contributed by atoms with Gasteiger partial charge in [0.15, 0.2) is 5.82 Å². The lowest BCUT2D eigenvalue weighted by molar-refractivity contribution is 0.0707. The summed E-state index contributed by atoms with van der Waals surface area (Å²) in [6.45, 7) is 4.12. The Morgan fingerprint density at radius 2 is 2.12 bits per heavy atom. The molecule has 1 aliphatic heterocycles. The van der Waals surface area contributed by atoms with Crippen LogP contribution in [-0.2, 0) is 13.1 Å². The molecule has 2 amide bonds. The number of para-hydroxylation sites is 2. The van der Waals surface area contributed by atoms with Gasteiger partial charge in [-0.25, -0.2) is 9.97 Å². The standard InChI is InChI=1S/C17H18N6O2/c1-2-22-7-8-23-10-13(21-15(23)17(22)25)16(24)18-9-14-19-11-5-3-4-6-12(11)20-14/h3-6,10H,2,7-9H2,1H3,(H,18,24)(H,19,20). The molecule has 0 saturated carbocycles. The van der Waals surface area contributed by atoms with Gasteiger partial charge in [0, 0.05) is 25.8 Å². The van der Waals surface area contributed by atoms with Gasteiger partial charge < -0.3 is 19.8 Å². The second-order valence-electron chi connectivity index (χ2n) is 5.91. The van der Waals surface area contributed by atoms with Gasteiger partial charge in [-0.3, -0.25) is 9.59 Å². The molecule has 0 bridgehead atoms. The van der Waals surface area contributed by atoms with Gasteiger partial charge in [-0.05, 0) is 19.1 Å². The van der Waals surface area contributed by atoms with Crippen LogP contribution in [0.2, 0.25) is 0 Å². The van der Waals surface area contributed by atoms with E-state index in [9.17, 15) is 9.59 Å². The molecule has 128 valence electrons. The first-order chi connectivity index (χ1) is 12.2. The number of rotatable bonds is 4. The van der Waals surface area contributed by atoms with Gasteiger partial charge in [-0.15, -0.1) is 0 Å². The molecule has 4 rings (SSSR count). The highest BCUT2D eigenvalue weighted by atomic mass is 16.2.